The molecule has 1 fully saturated rings. The van der Waals surface area contributed by atoms with E-state index in [0.717, 1.165) is 25.3 Å². The lowest BCUT2D eigenvalue weighted by atomic mass is 10.0. The van der Waals surface area contributed by atoms with Gasteiger partial charge in [-0.2, -0.15) is 0 Å². The Kier molecular flexibility index (Phi) is 2.86. The first-order chi connectivity index (χ1) is 7.16. The predicted molar refractivity (Wildman–Crippen MR) is 56.0 cm³/mol. The Hall–Kier alpha value is -1.16. The van der Waals surface area contributed by atoms with Gasteiger partial charge in [-0.3, -0.25) is 0 Å². The van der Waals surface area contributed by atoms with Crippen LogP contribution in [0.15, 0.2) is 18.2 Å². The van der Waals surface area contributed by atoms with Crippen molar-refractivity contribution >= 4 is 5.69 Å². The minimum atomic E-state index is -0.794. The highest BCUT2D eigenvalue weighted by Crippen LogP contribution is 2.18. The van der Waals surface area contributed by atoms with Crippen molar-refractivity contribution in [3.63, 3.8) is 0 Å². The highest BCUT2D eigenvalue weighted by molar-refractivity contribution is 5.46. The summed E-state index contributed by atoms with van der Waals surface area (Å²) in [6, 6.07) is 4.01. The molecule has 0 spiro atoms. The molecule has 82 valence electrons. The molecular weight excluding hydrogens is 198 g/mol. The van der Waals surface area contributed by atoms with Crippen molar-refractivity contribution in [1.82, 2.24) is 5.32 Å². The number of halogens is 2. The Morgan fingerprint density at radius 2 is 2.07 bits per heavy atom. The zero-order chi connectivity index (χ0) is 10.8. The average molecular weight is 212 g/mol. The van der Waals surface area contributed by atoms with Gasteiger partial charge in [-0.25, -0.2) is 8.78 Å². The van der Waals surface area contributed by atoms with E-state index in [1.165, 1.54) is 12.1 Å². The molecule has 0 saturated carbocycles. The minimum absolute atomic E-state index is 0.614. The van der Waals surface area contributed by atoms with Crippen molar-refractivity contribution in [2.24, 2.45) is 5.92 Å². The smallest absolute Gasteiger partial charge is 0.160 e. The third-order valence-electron chi connectivity index (χ3n) is 2.74. The molecule has 0 aromatic heterocycles. The zero-order valence-corrected chi connectivity index (χ0v) is 8.63. The third-order valence-corrected chi connectivity index (χ3v) is 2.74. The van der Waals surface area contributed by atoms with Crippen LogP contribution in [0.3, 0.4) is 0 Å². The van der Waals surface area contributed by atoms with E-state index in [1.54, 1.807) is 6.07 Å². The molecule has 1 aliphatic rings. The van der Waals surface area contributed by atoms with Crippen molar-refractivity contribution < 1.29 is 8.78 Å². The van der Waals surface area contributed by atoms with Crippen molar-refractivity contribution in [2.75, 3.05) is 31.6 Å². The van der Waals surface area contributed by atoms with E-state index < -0.39 is 11.6 Å². The summed E-state index contributed by atoms with van der Waals surface area (Å²) in [5.41, 5.74) is 0.723. The van der Waals surface area contributed by atoms with Gasteiger partial charge in [0, 0.05) is 44.4 Å². The number of hydrogen-bond acceptors (Lipinski definition) is 2. The first kappa shape index (κ1) is 10.4. The molecule has 2 rings (SSSR count). The van der Waals surface area contributed by atoms with E-state index in [0.29, 0.717) is 5.92 Å². The van der Waals surface area contributed by atoms with E-state index >= 15 is 0 Å². The van der Waals surface area contributed by atoms with Crippen molar-refractivity contribution in [3.8, 4) is 0 Å². The highest BCUT2D eigenvalue weighted by Gasteiger charge is 2.18. The molecule has 0 unspecified atom stereocenters. The molecule has 1 aromatic carbocycles. The second-order valence-corrected chi connectivity index (χ2v) is 4.00. The van der Waals surface area contributed by atoms with Gasteiger partial charge < -0.3 is 10.2 Å². The molecule has 0 atom stereocenters. The van der Waals surface area contributed by atoms with Gasteiger partial charge in [0.1, 0.15) is 0 Å². The van der Waals surface area contributed by atoms with Crippen LogP contribution in [0.4, 0.5) is 14.5 Å². The van der Waals surface area contributed by atoms with Crippen LogP contribution < -0.4 is 10.2 Å². The van der Waals surface area contributed by atoms with E-state index in [4.69, 9.17) is 0 Å². The topological polar surface area (TPSA) is 15.3 Å². The van der Waals surface area contributed by atoms with Crippen molar-refractivity contribution in [3.05, 3.63) is 29.8 Å². The Balaban J connectivity index is 2.03. The van der Waals surface area contributed by atoms with Crippen LogP contribution in [0, 0.1) is 17.6 Å². The quantitative estimate of drug-likeness (QED) is 0.819. The summed E-state index contributed by atoms with van der Waals surface area (Å²) in [5.74, 6) is -0.966. The molecular formula is C11H14F2N2. The van der Waals surface area contributed by atoms with Crippen LogP contribution in [-0.4, -0.2) is 26.7 Å². The normalized spacial score (nSPS) is 16.2. The van der Waals surface area contributed by atoms with Gasteiger partial charge in [0.25, 0.3) is 0 Å². The number of nitrogens with one attached hydrogen (secondary N) is 1. The summed E-state index contributed by atoms with van der Waals surface area (Å²) in [4.78, 5) is 1.95. The van der Waals surface area contributed by atoms with Gasteiger partial charge in [0.05, 0.1) is 0 Å². The van der Waals surface area contributed by atoms with Crippen LogP contribution in [-0.2, 0) is 0 Å². The zero-order valence-electron chi connectivity index (χ0n) is 8.63. The van der Waals surface area contributed by atoms with E-state index in [9.17, 15) is 8.78 Å². The van der Waals surface area contributed by atoms with Gasteiger partial charge >= 0.3 is 0 Å². The largest absolute Gasteiger partial charge is 0.374 e. The van der Waals surface area contributed by atoms with Gasteiger partial charge in [0.15, 0.2) is 11.6 Å². The second-order valence-electron chi connectivity index (χ2n) is 4.00. The summed E-state index contributed by atoms with van der Waals surface area (Å²) >= 11 is 0. The number of nitrogens with zero attached hydrogens (tertiary/aromatic N) is 1. The van der Waals surface area contributed by atoms with E-state index in [1.807, 2.05) is 11.9 Å². The fraction of sp³-hybridized carbons (Fsp3) is 0.455. The van der Waals surface area contributed by atoms with E-state index in [-0.39, 0.29) is 0 Å². The summed E-state index contributed by atoms with van der Waals surface area (Å²) in [7, 11) is 1.89. The molecule has 15 heavy (non-hydrogen) atoms. The first-order valence-electron chi connectivity index (χ1n) is 5.03. The summed E-state index contributed by atoms with van der Waals surface area (Å²) in [6.45, 7) is 2.89. The second kappa shape index (κ2) is 4.14. The van der Waals surface area contributed by atoms with Crippen LogP contribution in [0.5, 0.6) is 0 Å². The SMILES string of the molecule is CN(CC1CNC1)c1ccc(F)c(F)c1. The summed E-state index contributed by atoms with van der Waals surface area (Å²) in [6.07, 6.45) is 0. The molecule has 1 heterocycles. The molecule has 0 amide bonds. The molecule has 0 bridgehead atoms. The lowest BCUT2D eigenvalue weighted by molar-refractivity contribution is 0.352. The predicted octanol–water partition coefficient (Wildman–Crippen LogP) is 1.62. The van der Waals surface area contributed by atoms with Crippen molar-refractivity contribution in [1.29, 1.82) is 0 Å². The lowest BCUT2D eigenvalue weighted by Gasteiger charge is -2.32. The fourth-order valence-corrected chi connectivity index (χ4v) is 1.69. The molecule has 1 aromatic rings. The maximum atomic E-state index is 13.0. The van der Waals surface area contributed by atoms with Gasteiger partial charge in [-0.15, -0.1) is 0 Å². The molecule has 0 radical (unpaired) electrons. The molecule has 1 saturated heterocycles. The van der Waals surface area contributed by atoms with Gasteiger partial charge in [0.2, 0.25) is 0 Å². The molecule has 4 heteroatoms. The number of rotatable bonds is 3. The van der Waals surface area contributed by atoms with Gasteiger partial charge in [-0.05, 0) is 12.1 Å². The van der Waals surface area contributed by atoms with E-state index in [2.05, 4.69) is 5.32 Å². The van der Waals surface area contributed by atoms with Gasteiger partial charge in [-0.1, -0.05) is 0 Å². The molecule has 1 aliphatic heterocycles. The average Bonchev–Trinajstić information content (AvgIpc) is 2.15. The monoisotopic (exact) mass is 212 g/mol. The summed E-state index contributed by atoms with van der Waals surface area (Å²) < 4.78 is 25.7. The molecule has 1 N–H and O–H groups in total. The lowest BCUT2D eigenvalue weighted by Crippen LogP contribution is -2.47. The maximum Gasteiger partial charge on any atom is 0.160 e. The highest BCUT2D eigenvalue weighted by atomic mass is 19.2. The minimum Gasteiger partial charge on any atom is -0.374 e. The van der Waals surface area contributed by atoms with Crippen molar-refractivity contribution in [2.45, 2.75) is 0 Å². The van der Waals surface area contributed by atoms with Crippen LogP contribution in [0.25, 0.3) is 0 Å². The third kappa shape index (κ3) is 2.26. The standard InChI is InChI=1S/C11H14F2N2/c1-15(7-8-5-14-6-8)9-2-3-10(12)11(13)4-9/h2-4,8,14H,5-7H2,1H3. The fourth-order valence-electron chi connectivity index (χ4n) is 1.69. The molecule has 0 aliphatic carbocycles. The summed E-state index contributed by atoms with van der Waals surface area (Å²) in [5, 5.41) is 3.18. The Labute approximate surface area is 87.9 Å². The number of hydrogen-bond donors (Lipinski definition) is 1. The maximum absolute atomic E-state index is 13.0. The Morgan fingerprint density at radius 1 is 1.33 bits per heavy atom. The Morgan fingerprint density at radius 3 is 2.60 bits per heavy atom. The number of anilines is 1. The van der Waals surface area contributed by atoms with Crippen LogP contribution >= 0.6 is 0 Å². The number of benzene rings is 1. The van der Waals surface area contributed by atoms with Crippen LogP contribution in [0.1, 0.15) is 0 Å². The first-order valence-corrected chi connectivity index (χ1v) is 5.03. The molecule has 2 nitrogen and oxygen atoms in total. The Bertz CT molecular complexity index is 350. The van der Waals surface area contributed by atoms with Crippen LogP contribution in [0.2, 0.25) is 0 Å².